The number of rotatable bonds is 2. The molecule has 0 N–H and O–H groups in total. The molecule has 11 aromatic rings. The van der Waals surface area contributed by atoms with Crippen molar-refractivity contribution in [2.75, 3.05) is 0 Å². The molecule has 0 heterocycles. The van der Waals surface area contributed by atoms with E-state index in [-0.39, 0.29) is 0 Å². The van der Waals surface area contributed by atoms with Crippen molar-refractivity contribution in [2.24, 2.45) is 0 Å². The lowest BCUT2D eigenvalue weighted by Gasteiger charge is -2.30. The van der Waals surface area contributed by atoms with Crippen LogP contribution in [0, 0.1) is 0 Å². The van der Waals surface area contributed by atoms with Crippen LogP contribution in [0.3, 0.4) is 0 Å². The summed E-state index contributed by atoms with van der Waals surface area (Å²) in [6, 6.07) is 77.9. The molecule has 1 spiro atoms. The second-order valence-electron chi connectivity index (χ2n) is 16.6. The molecular formula is C59H34. The van der Waals surface area contributed by atoms with Gasteiger partial charge in [-0.3, -0.25) is 0 Å². The van der Waals surface area contributed by atoms with Gasteiger partial charge in [0.2, 0.25) is 0 Å². The molecule has 0 aliphatic heterocycles. The summed E-state index contributed by atoms with van der Waals surface area (Å²) < 4.78 is 0. The van der Waals surface area contributed by atoms with Crippen molar-refractivity contribution in [1.82, 2.24) is 0 Å². The minimum atomic E-state index is -0.415. The molecule has 0 unspecified atom stereocenters. The van der Waals surface area contributed by atoms with Crippen molar-refractivity contribution in [1.29, 1.82) is 0 Å². The lowest BCUT2D eigenvalue weighted by Crippen LogP contribution is -2.25. The second-order valence-corrected chi connectivity index (χ2v) is 16.6. The van der Waals surface area contributed by atoms with Crippen molar-refractivity contribution in [3.63, 3.8) is 0 Å². The monoisotopic (exact) mass is 742 g/mol. The van der Waals surface area contributed by atoms with Crippen LogP contribution in [-0.4, -0.2) is 0 Å². The van der Waals surface area contributed by atoms with Crippen molar-refractivity contribution in [2.45, 2.75) is 5.41 Å². The lowest BCUT2D eigenvalue weighted by molar-refractivity contribution is 0.795. The molecule has 0 atom stereocenters. The summed E-state index contributed by atoms with van der Waals surface area (Å²) in [7, 11) is 0. The van der Waals surface area contributed by atoms with Crippen LogP contribution in [0.25, 0.3) is 110 Å². The molecule has 0 amide bonds. The number of hydrogen-bond donors (Lipinski definition) is 0. The maximum Gasteiger partial charge on any atom is 0.0725 e. The van der Waals surface area contributed by atoms with E-state index in [9.17, 15) is 0 Å². The Balaban J connectivity index is 1.16. The fraction of sp³-hybridized carbons (Fsp3) is 0.0169. The average molecular weight is 743 g/mol. The first kappa shape index (κ1) is 31.5. The van der Waals surface area contributed by atoms with Crippen LogP contribution in [0.5, 0.6) is 0 Å². The standard InChI is InChI=1S/C59H34/c1-2-17-35(18-3-1)53-40-23-6-8-25-42(40)56(43-26-9-7-24-41(43)53)58-37-20-5-4-19-36(37)33-47-48-34-52-55(45-28-16-29-46(54(45)48)57(47)58)44-27-12-15-32-51(44)59(52)49-30-13-10-21-38(49)39-22-11-14-31-50(39)59/h1-34H. The van der Waals surface area contributed by atoms with Gasteiger partial charge in [-0.1, -0.05) is 194 Å². The van der Waals surface area contributed by atoms with Gasteiger partial charge < -0.3 is 0 Å². The van der Waals surface area contributed by atoms with Crippen LogP contribution in [-0.2, 0) is 5.41 Å². The minimum absolute atomic E-state index is 0.415. The number of fused-ring (bicyclic) bond motifs is 17. The van der Waals surface area contributed by atoms with E-state index < -0.39 is 5.41 Å². The second kappa shape index (κ2) is 11.3. The van der Waals surface area contributed by atoms with Gasteiger partial charge in [0.25, 0.3) is 0 Å². The maximum atomic E-state index is 2.61. The Hall–Kier alpha value is -7.54. The smallest absolute Gasteiger partial charge is 0.0622 e. The molecule has 0 bridgehead atoms. The highest BCUT2D eigenvalue weighted by Gasteiger charge is 2.52. The molecule has 3 aliphatic rings. The third kappa shape index (κ3) is 3.81. The normalized spacial score (nSPS) is 13.6. The van der Waals surface area contributed by atoms with Crippen molar-refractivity contribution >= 4 is 43.1 Å². The van der Waals surface area contributed by atoms with E-state index in [2.05, 4.69) is 206 Å². The predicted molar refractivity (Wildman–Crippen MR) is 248 cm³/mol. The first-order chi connectivity index (χ1) is 29.3. The van der Waals surface area contributed by atoms with E-state index in [0.29, 0.717) is 0 Å². The summed E-state index contributed by atoms with van der Waals surface area (Å²) in [4.78, 5) is 0. The zero-order chi connectivity index (χ0) is 38.4. The van der Waals surface area contributed by atoms with Crippen LogP contribution in [0.15, 0.2) is 206 Å². The van der Waals surface area contributed by atoms with Gasteiger partial charge in [-0.05, 0) is 144 Å². The highest BCUT2D eigenvalue weighted by atomic mass is 14.5. The molecule has 11 aromatic carbocycles. The van der Waals surface area contributed by atoms with Crippen LogP contribution in [0.4, 0.5) is 0 Å². The van der Waals surface area contributed by atoms with Gasteiger partial charge in [-0.2, -0.15) is 0 Å². The molecule has 0 radical (unpaired) electrons. The van der Waals surface area contributed by atoms with Gasteiger partial charge in [0.1, 0.15) is 0 Å². The molecule has 0 saturated heterocycles. The highest BCUT2D eigenvalue weighted by molar-refractivity contribution is 6.31. The summed E-state index contributed by atoms with van der Waals surface area (Å²) in [5.74, 6) is 0. The largest absolute Gasteiger partial charge is 0.0725 e. The van der Waals surface area contributed by atoms with Crippen molar-refractivity contribution in [3.8, 4) is 66.8 Å². The van der Waals surface area contributed by atoms with Crippen LogP contribution in [0.2, 0.25) is 0 Å². The maximum absolute atomic E-state index is 2.61. The molecule has 0 nitrogen and oxygen atoms in total. The van der Waals surface area contributed by atoms with E-state index >= 15 is 0 Å². The fourth-order valence-electron chi connectivity index (χ4n) is 11.9. The molecule has 270 valence electrons. The molecule has 14 rings (SSSR count). The lowest BCUT2D eigenvalue weighted by atomic mass is 9.70. The molecule has 3 aliphatic carbocycles. The Morgan fingerprint density at radius 2 is 0.729 bits per heavy atom. The Bertz CT molecular complexity index is 3560. The highest BCUT2D eigenvalue weighted by Crippen LogP contribution is 2.66. The summed E-state index contributed by atoms with van der Waals surface area (Å²) in [6.07, 6.45) is 0. The van der Waals surface area contributed by atoms with Gasteiger partial charge in [0.15, 0.2) is 0 Å². The minimum Gasteiger partial charge on any atom is -0.0622 e. The van der Waals surface area contributed by atoms with Crippen molar-refractivity contribution in [3.05, 3.63) is 229 Å². The van der Waals surface area contributed by atoms with E-state index in [4.69, 9.17) is 0 Å². The fourth-order valence-corrected chi connectivity index (χ4v) is 11.9. The third-order valence-electron chi connectivity index (χ3n) is 14.0. The predicted octanol–water partition coefficient (Wildman–Crippen LogP) is 15.6. The van der Waals surface area contributed by atoms with Crippen molar-refractivity contribution < 1.29 is 0 Å². The number of hydrogen-bond acceptors (Lipinski definition) is 0. The van der Waals surface area contributed by atoms with E-state index in [1.807, 2.05) is 0 Å². The first-order valence-corrected chi connectivity index (χ1v) is 20.8. The molecule has 59 heavy (non-hydrogen) atoms. The van der Waals surface area contributed by atoms with E-state index in [0.717, 1.165) is 0 Å². The first-order valence-electron chi connectivity index (χ1n) is 20.8. The summed E-state index contributed by atoms with van der Waals surface area (Å²) in [6.45, 7) is 0. The Morgan fingerprint density at radius 1 is 0.237 bits per heavy atom. The zero-order valence-corrected chi connectivity index (χ0v) is 32.1. The Labute approximate surface area is 342 Å². The van der Waals surface area contributed by atoms with E-state index in [1.165, 1.54) is 132 Å². The molecular weight excluding hydrogens is 709 g/mol. The molecule has 0 saturated carbocycles. The summed E-state index contributed by atoms with van der Waals surface area (Å²) >= 11 is 0. The van der Waals surface area contributed by atoms with Crippen LogP contribution < -0.4 is 0 Å². The van der Waals surface area contributed by atoms with Gasteiger partial charge in [0, 0.05) is 0 Å². The van der Waals surface area contributed by atoms with Gasteiger partial charge >= 0.3 is 0 Å². The quantitative estimate of drug-likeness (QED) is 0.155. The molecule has 0 fully saturated rings. The average Bonchev–Trinajstić information content (AvgIpc) is 3.90. The zero-order valence-electron chi connectivity index (χ0n) is 32.1. The van der Waals surface area contributed by atoms with Gasteiger partial charge in [0.05, 0.1) is 5.41 Å². The third-order valence-corrected chi connectivity index (χ3v) is 14.0. The topological polar surface area (TPSA) is 0 Å². The van der Waals surface area contributed by atoms with Gasteiger partial charge in [-0.25, -0.2) is 0 Å². The van der Waals surface area contributed by atoms with Crippen LogP contribution >= 0.6 is 0 Å². The molecule has 0 heteroatoms. The Kier molecular flexibility index (Phi) is 6.05. The summed E-state index contributed by atoms with van der Waals surface area (Å²) in [5, 5.41) is 10.4. The van der Waals surface area contributed by atoms with Crippen LogP contribution in [0.1, 0.15) is 22.3 Å². The van der Waals surface area contributed by atoms with Gasteiger partial charge in [-0.15, -0.1) is 0 Å². The number of benzene rings is 11. The summed E-state index contributed by atoms with van der Waals surface area (Å²) in [5.41, 5.74) is 21.0. The molecule has 0 aromatic heterocycles. The Morgan fingerprint density at radius 3 is 1.39 bits per heavy atom. The van der Waals surface area contributed by atoms with E-state index in [1.54, 1.807) is 0 Å². The SMILES string of the molecule is c1ccc(-c2c3ccccc3c(-c3c4c(cc5ccccc35)-c3cc5c(c6cccc-4c36)-c3ccccc3C53c4ccccc4-c4ccccc43)c3ccccc23)cc1.